The third kappa shape index (κ3) is 3.70. The van der Waals surface area contributed by atoms with Gasteiger partial charge in [-0.05, 0) is 56.3 Å². The van der Waals surface area contributed by atoms with E-state index in [1.165, 1.54) is 0 Å². The summed E-state index contributed by atoms with van der Waals surface area (Å²) in [5, 5.41) is 24.9. The summed E-state index contributed by atoms with van der Waals surface area (Å²) >= 11 is 0. The Bertz CT molecular complexity index is 1600. The summed E-state index contributed by atoms with van der Waals surface area (Å²) in [6.07, 6.45) is 0. The lowest BCUT2D eigenvalue weighted by atomic mass is 9.82. The largest absolute Gasteiger partial charge is 0.507 e. The Labute approximate surface area is 210 Å². The highest BCUT2D eigenvalue weighted by Crippen LogP contribution is 2.43. The SMILES string of the molecule is Oc1ccc(C(=C(c2ccccc2)c2ccc(O)c3ccccc23)c2ccccc2)c2ccccc12. The molecular weight excluding hydrogens is 440 g/mol. The van der Waals surface area contributed by atoms with Crippen LogP contribution in [0.15, 0.2) is 133 Å². The quantitative estimate of drug-likeness (QED) is 0.257. The molecule has 0 saturated heterocycles. The first-order valence-corrected chi connectivity index (χ1v) is 12.0. The van der Waals surface area contributed by atoms with E-state index in [1.54, 1.807) is 12.1 Å². The third-order valence-corrected chi connectivity index (χ3v) is 6.72. The Hall–Kier alpha value is -4.82. The van der Waals surface area contributed by atoms with E-state index in [2.05, 4.69) is 60.7 Å². The van der Waals surface area contributed by atoms with Crippen molar-refractivity contribution >= 4 is 32.7 Å². The molecule has 2 nitrogen and oxygen atoms in total. The van der Waals surface area contributed by atoms with E-state index in [4.69, 9.17) is 0 Å². The summed E-state index contributed by atoms with van der Waals surface area (Å²) in [7, 11) is 0. The average molecular weight is 465 g/mol. The highest BCUT2D eigenvalue weighted by Gasteiger charge is 2.20. The molecule has 6 rings (SSSR count). The maximum absolute atomic E-state index is 10.6. The summed E-state index contributed by atoms with van der Waals surface area (Å²) in [6.45, 7) is 0. The van der Waals surface area contributed by atoms with E-state index in [1.807, 2.05) is 60.7 Å². The summed E-state index contributed by atoms with van der Waals surface area (Å²) in [4.78, 5) is 0. The van der Waals surface area contributed by atoms with Crippen molar-refractivity contribution in [2.75, 3.05) is 0 Å². The number of rotatable bonds is 4. The predicted molar refractivity (Wildman–Crippen MR) is 149 cm³/mol. The van der Waals surface area contributed by atoms with Crippen LogP contribution in [0.4, 0.5) is 0 Å². The van der Waals surface area contributed by atoms with Crippen molar-refractivity contribution in [1.29, 1.82) is 0 Å². The molecular formula is C34H24O2. The topological polar surface area (TPSA) is 40.5 Å². The number of phenolic OH excluding ortho intramolecular Hbond substituents is 2. The molecule has 0 aliphatic heterocycles. The second-order valence-corrected chi connectivity index (χ2v) is 8.84. The molecule has 0 saturated carbocycles. The van der Waals surface area contributed by atoms with E-state index >= 15 is 0 Å². The van der Waals surface area contributed by atoms with Crippen LogP contribution in [-0.4, -0.2) is 10.2 Å². The molecule has 172 valence electrons. The van der Waals surface area contributed by atoms with Crippen molar-refractivity contribution in [3.05, 3.63) is 156 Å². The van der Waals surface area contributed by atoms with Gasteiger partial charge in [0.1, 0.15) is 11.5 Å². The zero-order valence-corrected chi connectivity index (χ0v) is 19.6. The fraction of sp³-hybridized carbons (Fsp3) is 0. The first-order chi connectivity index (χ1) is 17.7. The van der Waals surface area contributed by atoms with Crippen molar-refractivity contribution < 1.29 is 10.2 Å². The standard InChI is InChI=1S/C34H24O2/c35-31-21-19-29(25-15-7-9-17-27(25)31)33(23-11-3-1-4-12-23)34(24-13-5-2-6-14-24)30-20-22-32(36)28-18-10-8-16-26(28)30/h1-22,35-36H. The molecule has 0 aliphatic rings. The Balaban J connectivity index is 1.83. The Kier molecular flexibility index (Phi) is 5.48. The number of phenols is 2. The normalized spacial score (nSPS) is 12.0. The van der Waals surface area contributed by atoms with Crippen molar-refractivity contribution in [2.45, 2.75) is 0 Å². The molecule has 0 atom stereocenters. The minimum atomic E-state index is 0.262. The van der Waals surface area contributed by atoms with Gasteiger partial charge in [0.15, 0.2) is 0 Å². The van der Waals surface area contributed by atoms with Crippen molar-refractivity contribution in [1.82, 2.24) is 0 Å². The molecule has 2 N–H and O–H groups in total. The zero-order valence-electron chi connectivity index (χ0n) is 19.6. The molecule has 0 aromatic heterocycles. The van der Waals surface area contributed by atoms with Gasteiger partial charge in [-0.2, -0.15) is 0 Å². The first kappa shape index (κ1) is 21.7. The Morgan fingerprint density at radius 1 is 0.333 bits per heavy atom. The second-order valence-electron chi connectivity index (χ2n) is 8.84. The van der Waals surface area contributed by atoms with E-state index in [9.17, 15) is 10.2 Å². The minimum Gasteiger partial charge on any atom is -0.507 e. The van der Waals surface area contributed by atoms with Crippen LogP contribution in [0.1, 0.15) is 22.3 Å². The van der Waals surface area contributed by atoms with Gasteiger partial charge in [0.2, 0.25) is 0 Å². The molecule has 6 aromatic carbocycles. The molecule has 0 unspecified atom stereocenters. The lowest BCUT2D eigenvalue weighted by molar-refractivity contribution is 0.481. The van der Waals surface area contributed by atoms with Crippen LogP contribution in [0, 0.1) is 0 Å². The maximum atomic E-state index is 10.6. The molecule has 0 heterocycles. The summed E-state index contributed by atoms with van der Waals surface area (Å²) < 4.78 is 0. The molecule has 0 bridgehead atoms. The van der Waals surface area contributed by atoms with E-state index in [0.29, 0.717) is 0 Å². The number of aromatic hydroxyl groups is 2. The van der Waals surface area contributed by atoms with Crippen LogP contribution in [0.5, 0.6) is 11.5 Å². The molecule has 0 aliphatic carbocycles. The van der Waals surface area contributed by atoms with Gasteiger partial charge in [-0.1, -0.05) is 121 Å². The number of fused-ring (bicyclic) bond motifs is 2. The van der Waals surface area contributed by atoms with Gasteiger partial charge in [-0.3, -0.25) is 0 Å². The summed E-state index contributed by atoms with van der Waals surface area (Å²) in [5.74, 6) is 0.524. The van der Waals surface area contributed by atoms with Crippen molar-refractivity contribution in [3.63, 3.8) is 0 Å². The lowest BCUT2D eigenvalue weighted by Gasteiger charge is -2.21. The highest BCUT2D eigenvalue weighted by atomic mass is 16.3. The van der Waals surface area contributed by atoms with E-state index in [0.717, 1.165) is 54.9 Å². The summed E-state index contributed by atoms with van der Waals surface area (Å²) in [6, 6.07) is 44.3. The minimum absolute atomic E-state index is 0.262. The Morgan fingerprint density at radius 3 is 1.06 bits per heavy atom. The fourth-order valence-corrected chi connectivity index (χ4v) is 5.08. The number of hydrogen-bond acceptors (Lipinski definition) is 2. The van der Waals surface area contributed by atoms with Gasteiger partial charge >= 0.3 is 0 Å². The van der Waals surface area contributed by atoms with Crippen LogP contribution in [0.25, 0.3) is 32.7 Å². The molecule has 6 aromatic rings. The smallest absolute Gasteiger partial charge is 0.123 e. The number of hydrogen-bond donors (Lipinski definition) is 2. The van der Waals surface area contributed by atoms with Crippen LogP contribution >= 0.6 is 0 Å². The highest BCUT2D eigenvalue weighted by molar-refractivity contribution is 6.14. The molecule has 36 heavy (non-hydrogen) atoms. The first-order valence-electron chi connectivity index (χ1n) is 12.0. The van der Waals surface area contributed by atoms with Crippen molar-refractivity contribution in [2.24, 2.45) is 0 Å². The van der Waals surface area contributed by atoms with Gasteiger partial charge in [-0.25, -0.2) is 0 Å². The number of benzene rings is 6. The molecule has 0 radical (unpaired) electrons. The summed E-state index contributed by atoms with van der Waals surface area (Å²) in [5.41, 5.74) is 6.34. The van der Waals surface area contributed by atoms with E-state index < -0.39 is 0 Å². The molecule has 2 heteroatoms. The monoisotopic (exact) mass is 464 g/mol. The second kappa shape index (κ2) is 9.09. The zero-order chi connectivity index (χ0) is 24.5. The molecule has 0 fully saturated rings. The fourth-order valence-electron chi connectivity index (χ4n) is 5.08. The third-order valence-electron chi connectivity index (χ3n) is 6.72. The lowest BCUT2D eigenvalue weighted by Crippen LogP contribution is -1.99. The van der Waals surface area contributed by atoms with Crippen LogP contribution in [-0.2, 0) is 0 Å². The predicted octanol–water partition coefficient (Wildman–Crippen LogP) is 8.41. The van der Waals surface area contributed by atoms with Gasteiger partial charge in [0.05, 0.1) is 0 Å². The van der Waals surface area contributed by atoms with Gasteiger partial charge in [0.25, 0.3) is 0 Å². The maximum Gasteiger partial charge on any atom is 0.123 e. The average Bonchev–Trinajstić information content (AvgIpc) is 2.94. The van der Waals surface area contributed by atoms with Gasteiger partial charge in [-0.15, -0.1) is 0 Å². The van der Waals surface area contributed by atoms with Crippen LogP contribution < -0.4 is 0 Å². The molecule has 0 spiro atoms. The molecule has 0 amide bonds. The van der Waals surface area contributed by atoms with Crippen LogP contribution in [0.3, 0.4) is 0 Å². The van der Waals surface area contributed by atoms with Crippen LogP contribution in [0.2, 0.25) is 0 Å². The van der Waals surface area contributed by atoms with Gasteiger partial charge in [0, 0.05) is 10.8 Å². The van der Waals surface area contributed by atoms with Crippen molar-refractivity contribution in [3.8, 4) is 11.5 Å². The van der Waals surface area contributed by atoms with Gasteiger partial charge < -0.3 is 10.2 Å². The van der Waals surface area contributed by atoms with E-state index in [-0.39, 0.29) is 11.5 Å². The Morgan fingerprint density at radius 2 is 0.667 bits per heavy atom.